The smallest absolute Gasteiger partial charge is 0.250 e. The molecule has 10 nitrogen and oxygen atoms in total. The Balaban J connectivity index is 1.56. The molecule has 0 aliphatic carbocycles. The maximum absolute atomic E-state index is 13.9. The summed E-state index contributed by atoms with van der Waals surface area (Å²) < 4.78 is 46.4. The Bertz CT molecular complexity index is 1710. The Labute approximate surface area is 237 Å². The molecule has 2 aliphatic heterocycles. The van der Waals surface area contributed by atoms with Crippen molar-refractivity contribution in [2.45, 2.75) is 28.7 Å². The third-order valence-corrected chi connectivity index (χ3v) is 9.41. The first-order valence-electron chi connectivity index (χ1n) is 13.6. The van der Waals surface area contributed by atoms with Crippen LogP contribution in [0.5, 0.6) is 0 Å². The van der Waals surface area contributed by atoms with Gasteiger partial charge in [-0.25, -0.2) is 12.8 Å². The van der Waals surface area contributed by atoms with Crippen molar-refractivity contribution in [1.82, 2.24) is 15.5 Å². The van der Waals surface area contributed by atoms with Crippen molar-refractivity contribution in [3.05, 3.63) is 66.0 Å². The van der Waals surface area contributed by atoms with Crippen LogP contribution in [-0.2, 0) is 14.6 Å². The first kappa shape index (κ1) is 27.2. The normalized spacial score (nSPS) is 16.7. The number of hydrogen-bond acceptors (Lipinski definition) is 8. The predicted octanol–water partition coefficient (Wildman–Crippen LogP) is 3.30. The van der Waals surface area contributed by atoms with Crippen LogP contribution in [0.3, 0.4) is 0 Å². The van der Waals surface area contributed by atoms with E-state index in [1.54, 1.807) is 18.2 Å². The van der Waals surface area contributed by atoms with Crippen LogP contribution in [0.25, 0.3) is 22.2 Å². The van der Waals surface area contributed by atoms with Crippen molar-refractivity contribution in [2.75, 3.05) is 49.6 Å². The summed E-state index contributed by atoms with van der Waals surface area (Å²) in [6, 6.07) is 13.3. The molecule has 0 spiro atoms. The van der Waals surface area contributed by atoms with Crippen LogP contribution in [0.4, 0.5) is 15.8 Å². The summed E-state index contributed by atoms with van der Waals surface area (Å²) in [5.74, 6) is -1.22. The number of sulfone groups is 1. The van der Waals surface area contributed by atoms with Gasteiger partial charge in [-0.3, -0.25) is 9.89 Å². The Morgan fingerprint density at radius 1 is 1.05 bits per heavy atom. The van der Waals surface area contributed by atoms with Gasteiger partial charge < -0.3 is 26.0 Å². The molecular formula is C29H31FN6O4S. The summed E-state index contributed by atoms with van der Waals surface area (Å²) in [6.45, 7) is 4.25. The molecule has 2 saturated heterocycles. The summed E-state index contributed by atoms with van der Waals surface area (Å²) in [4.78, 5) is 14.8. The third-order valence-electron chi connectivity index (χ3n) is 7.66. The number of benzene rings is 3. The van der Waals surface area contributed by atoms with E-state index in [1.165, 1.54) is 24.3 Å². The second kappa shape index (κ2) is 11.1. The topological polar surface area (TPSA) is 142 Å². The molecule has 0 unspecified atom stereocenters. The number of amides is 1. The fourth-order valence-electron chi connectivity index (χ4n) is 5.52. The highest BCUT2D eigenvalue weighted by atomic mass is 32.2. The van der Waals surface area contributed by atoms with Gasteiger partial charge in [0.05, 0.1) is 32.1 Å². The molecule has 4 aromatic rings. The molecule has 0 bridgehead atoms. The second-order valence-electron chi connectivity index (χ2n) is 10.3. The quantitative estimate of drug-likeness (QED) is 0.262. The number of aromatic amines is 1. The molecule has 2 aliphatic rings. The number of carbonyl (C=O) groups excluding carboxylic acids is 1. The number of nitrogens with two attached hydrogens (primary N) is 1. The number of fused-ring (bicyclic) bond motifs is 1. The minimum Gasteiger partial charge on any atom is -0.381 e. The molecule has 0 radical (unpaired) electrons. The number of hydrogen-bond donors (Lipinski definition) is 4. The number of halogens is 1. The van der Waals surface area contributed by atoms with E-state index in [0.717, 1.165) is 50.8 Å². The van der Waals surface area contributed by atoms with E-state index in [4.69, 9.17) is 10.5 Å². The molecule has 214 valence electrons. The Hall–Kier alpha value is -4.00. The summed E-state index contributed by atoms with van der Waals surface area (Å²) in [7, 11) is -4.02. The maximum atomic E-state index is 13.9. The van der Waals surface area contributed by atoms with Crippen LogP contribution in [0, 0.1) is 5.82 Å². The van der Waals surface area contributed by atoms with Gasteiger partial charge >= 0.3 is 0 Å². The number of nitrogens with zero attached hydrogens (tertiary/aromatic N) is 2. The number of ether oxygens (including phenoxy) is 1. The lowest BCUT2D eigenvalue weighted by Gasteiger charge is -2.33. The monoisotopic (exact) mass is 578 g/mol. The van der Waals surface area contributed by atoms with Gasteiger partial charge in [0.1, 0.15) is 11.5 Å². The molecule has 3 aromatic carbocycles. The predicted molar refractivity (Wildman–Crippen MR) is 154 cm³/mol. The van der Waals surface area contributed by atoms with Gasteiger partial charge in [-0.2, -0.15) is 5.10 Å². The first-order valence-corrected chi connectivity index (χ1v) is 15.1. The van der Waals surface area contributed by atoms with E-state index < -0.39 is 21.6 Å². The van der Waals surface area contributed by atoms with Gasteiger partial charge in [0.25, 0.3) is 5.91 Å². The molecule has 1 amide bonds. The number of primary amides is 1. The molecule has 3 heterocycles. The van der Waals surface area contributed by atoms with Crippen molar-refractivity contribution >= 4 is 38.0 Å². The van der Waals surface area contributed by atoms with E-state index in [1.807, 2.05) is 6.07 Å². The zero-order chi connectivity index (χ0) is 28.6. The third kappa shape index (κ3) is 5.25. The molecule has 0 atom stereocenters. The average molecular weight is 579 g/mol. The van der Waals surface area contributed by atoms with Gasteiger partial charge in [0.15, 0.2) is 0 Å². The molecule has 41 heavy (non-hydrogen) atoms. The number of rotatable bonds is 7. The van der Waals surface area contributed by atoms with Gasteiger partial charge in [-0.15, -0.1) is 0 Å². The standard InChI is InChI=1S/C29H31FN6O4S/c30-18-2-1-3-20(16-18)41(38,39)21-4-6-24-23(17-21)28(35-34-24)26-25(36-12-10-32-11-13-36)7-5-22(29(31)37)27(26)33-19-8-14-40-15-9-19/h1-7,16-17,19,32-33H,8-15H2,(H2,31,37)(H,34,35). The Kier molecular flexibility index (Phi) is 7.37. The van der Waals surface area contributed by atoms with E-state index in [2.05, 4.69) is 25.7 Å². The minimum absolute atomic E-state index is 0.00645. The fraction of sp³-hybridized carbons (Fsp3) is 0.310. The SMILES string of the molecule is NC(=O)c1ccc(N2CCNCC2)c(-c2n[nH]c3ccc(S(=O)(=O)c4cccc(F)c4)cc23)c1NC1CCOCC1. The number of nitrogens with one attached hydrogen (secondary N) is 3. The van der Waals surface area contributed by atoms with Gasteiger partial charge in [0, 0.05) is 56.5 Å². The number of aromatic nitrogens is 2. The largest absolute Gasteiger partial charge is 0.381 e. The first-order chi connectivity index (χ1) is 19.8. The lowest BCUT2D eigenvalue weighted by atomic mass is 9.96. The van der Waals surface area contributed by atoms with Crippen molar-refractivity contribution in [1.29, 1.82) is 0 Å². The molecule has 0 saturated carbocycles. The van der Waals surface area contributed by atoms with Crippen LogP contribution in [0.2, 0.25) is 0 Å². The van der Waals surface area contributed by atoms with Crippen LogP contribution in [-0.4, -0.2) is 70.0 Å². The highest BCUT2D eigenvalue weighted by Crippen LogP contribution is 2.43. The van der Waals surface area contributed by atoms with E-state index in [-0.39, 0.29) is 15.8 Å². The lowest BCUT2D eigenvalue weighted by molar-refractivity contribution is 0.0904. The number of H-pyrrole nitrogens is 1. The molecule has 1 aromatic heterocycles. The van der Waals surface area contributed by atoms with Crippen LogP contribution in [0.1, 0.15) is 23.2 Å². The summed E-state index contributed by atoms with van der Waals surface area (Å²) >= 11 is 0. The van der Waals surface area contributed by atoms with E-state index in [0.29, 0.717) is 46.6 Å². The maximum Gasteiger partial charge on any atom is 0.250 e. The average Bonchev–Trinajstić information content (AvgIpc) is 3.41. The zero-order valence-corrected chi connectivity index (χ0v) is 23.1. The summed E-state index contributed by atoms with van der Waals surface area (Å²) in [5, 5.41) is 15.2. The van der Waals surface area contributed by atoms with E-state index >= 15 is 0 Å². The number of piperazine rings is 1. The highest BCUT2D eigenvalue weighted by molar-refractivity contribution is 7.91. The van der Waals surface area contributed by atoms with Crippen LogP contribution < -0.4 is 21.3 Å². The van der Waals surface area contributed by atoms with Crippen molar-refractivity contribution in [3.8, 4) is 11.3 Å². The van der Waals surface area contributed by atoms with Crippen molar-refractivity contribution in [2.24, 2.45) is 5.73 Å². The van der Waals surface area contributed by atoms with Crippen LogP contribution in [0.15, 0.2) is 64.4 Å². The van der Waals surface area contributed by atoms with Crippen molar-refractivity contribution < 1.29 is 22.3 Å². The highest BCUT2D eigenvalue weighted by Gasteiger charge is 2.28. The fourth-order valence-corrected chi connectivity index (χ4v) is 6.84. The molecule has 2 fully saturated rings. The number of anilines is 2. The minimum atomic E-state index is -4.02. The molecule has 5 N–H and O–H groups in total. The number of carbonyl (C=O) groups is 1. The Morgan fingerprint density at radius 3 is 2.54 bits per heavy atom. The van der Waals surface area contributed by atoms with E-state index in [9.17, 15) is 17.6 Å². The van der Waals surface area contributed by atoms with Gasteiger partial charge in [-0.05, 0) is 61.4 Å². The van der Waals surface area contributed by atoms with Crippen molar-refractivity contribution in [3.63, 3.8) is 0 Å². The Morgan fingerprint density at radius 2 is 1.80 bits per heavy atom. The van der Waals surface area contributed by atoms with Gasteiger partial charge in [-0.1, -0.05) is 6.07 Å². The lowest BCUT2D eigenvalue weighted by Crippen LogP contribution is -2.43. The van der Waals surface area contributed by atoms with Crippen LogP contribution >= 0.6 is 0 Å². The zero-order valence-electron chi connectivity index (χ0n) is 22.3. The molecule has 6 rings (SSSR count). The second-order valence-corrected chi connectivity index (χ2v) is 12.2. The summed E-state index contributed by atoms with van der Waals surface area (Å²) in [5.41, 5.74) is 9.39. The molecular weight excluding hydrogens is 547 g/mol. The molecule has 12 heteroatoms. The summed E-state index contributed by atoms with van der Waals surface area (Å²) in [6.07, 6.45) is 1.51. The van der Waals surface area contributed by atoms with Gasteiger partial charge in [0.2, 0.25) is 9.84 Å².